The van der Waals surface area contributed by atoms with Crippen LogP contribution in [-0.2, 0) is 0 Å². The van der Waals surface area contributed by atoms with E-state index in [-0.39, 0.29) is 22.6 Å². The third kappa shape index (κ3) is 2.86. The van der Waals surface area contributed by atoms with E-state index in [1.54, 1.807) is 0 Å². The van der Waals surface area contributed by atoms with Crippen LogP contribution in [0.1, 0.15) is 21.5 Å². The van der Waals surface area contributed by atoms with Crippen LogP contribution in [0.25, 0.3) is 0 Å². The molecule has 2 aromatic carbocycles. The number of methoxy groups -OCH3 is 2. The predicted molar refractivity (Wildman–Crippen MR) is 74.1 cm³/mol. The molecule has 2 rings (SSSR count). The summed E-state index contributed by atoms with van der Waals surface area (Å²) in [6.07, 6.45) is 0. The van der Waals surface area contributed by atoms with E-state index in [0.717, 1.165) is 6.07 Å². The lowest BCUT2D eigenvalue weighted by Gasteiger charge is -2.10. The van der Waals surface area contributed by atoms with Crippen LogP contribution in [0.5, 0.6) is 11.5 Å². The molecular weight excluding hydrogens is 278 g/mol. The van der Waals surface area contributed by atoms with Crippen molar-refractivity contribution >= 4 is 5.78 Å². The Bertz CT molecular complexity index is 696. The molecule has 0 aliphatic rings. The summed E-state index contributed by atoms with van der Waals surface area (Å²) >= 11 is 0. The Morgan fingerprint density at radius 1 is 0.952 bits per heavy atom. The van der Waals surface area contributed by atoms with Crippen LogP contribution >= 0.6 is 0 Å². The maximum Gasteiger partial charge on any atom is 0.196 e. The van der Waals surface area contributed by atoms with Gasteiger partial charge < -0.3 is 9.47 Å². The van der Waals surface area contributed by atoms with Crippen LogP contribution in [0.15, 0.2) is 30.3 Å². The van der Waals surface area contributed by atoms with Crippen LogP contribution in [-0.4, -0.2) is 20.0 Å². The van der Waals surface area contributed by atoms with Gasteiger partial charge >= 0.3 is 0 Å². The molecule has 0 saturated heterocycles. The molecule has 2 aromatic rings. The summed E-state index contributed by atoms with van der Waals surface area (Å²) in [4.78, 5) is 12.3. The molecule has 0 bridgehead atoms. The first-order valence-electron chi connectivity index (χ1n) is 6.20. The van der Waals surface area contributed by atoms with E-state index >= 15 is 0 Å². The van der Waals surface area contributed by atoms with Crippen molar-refractivity contribution in [1.29, 1.82) is 0 Å². The molecule has 0 atom stereocenters. The highest BCUT2D eigenvalue weighted by Crippen LogP contribution is 2.31. The topological polar surface area (TPSA) is 35.5 Å². The fourth-order valence-corrected chi connectivity index (χ4v) is 1.97. The Balaban J connectivity index is 2.50. The highest BCUT2D eigenvalue weighted by molar-refractivity contribution is 6.09. The van der Waals surface area contributed by atoms with Gasteiger partial charge in [0, 0.05) is 11.6 Å². The van der Waals surface area contributed by atoms with Gasteiger partial charge in [-0.1, -0.05) is 0 Å². The second-order valence-corrected chi connectivity index (χ2v) is 4.48. The van der Waals surface area contributed by atoms with Gasteiger partial charge in [0.1, 0.15) is 11.6 Å². The van der Waals surface area contributed by atoms with E-state index in [4.69, 9.17) is 9.47 Å². The third-order valence-electron chi connectivity index (χ3n) is 3.14. The van der Waals surface area contributed by atoms with E-state index in [1.807, 2.05) is 0 Å². The fraction of sp³-hybridized carbons (Fsp3) is 0.188. The lowest BCUT2D eigenvalue weighted by Crippen LogP contribution is -2.06. The minimum absolute atomic E-state index is 0.154. The Kier molecular flexibility index (Phi) is 4.21. The first-order valence-corrected chi connectivity index (χ1v) is 6.20. The first kappa shape index (κ1) is 15.0. The second-order valence-electron chi connectivity index (χ2n) is 4.48. The number of hydrogen-bond donors (Lipinski definition) is 0. The quantitative estimate of drug-likeness (QED) is 0.809. The minimum Gasteiger partial charge on any atom is -0.493 e. The smallest absolute Gasteiger partial charge is 0.196 e. The molecular formula is C16H14F2O3. The van der Waals surface area contributed by atoms with E-state index in [0.29, 0.717) is 5.56 Å². The van der Waals surface area contributed by atoms with Crippen LogP contribution in [0.3, 0.4) is 0 Å². The lowest BCUT2D eigenvalue weighted by atomic mass is 10.0. The van der Waals surface area contributed by atoms with Gasteiger partial charge in [-0.05, 0) is 36.8 Å². The zero-order valence-electron chi connectivity index (χ0n) is 11.9. The van der Waals surface area contributed by atoms with Gasteiger partial charge in [0.25, 0.3) is 0 Å². The SMILES string of the molecule is COc1cc(F)c(C(=O)c2ccc(F)c(C)c2)cc1OC. The van der Waals surface area contributed by atoms with Gasteiger partial charge in [-0.2, -0.15) is 0 Å². The number of carbonyl (C=O) groups excluding carboxylic acids is 1. The number of rotatable bonds is 4. The van der Waals surface area contributed by atoms with Crippen LogP contribution in [0.4, 0.5) is 8.78 Å². The summed E-state index contributed by atoms with van der Waals surface area (Å²) < 4.78 is 37.3. The van der Waals surface area contributed by atoms with E-state index in [1.165, 1.54) is 45.4 Å². The molecule has 0 N–H and O–H groups in total. The number of carbonyl (C=O) groups is 1. The van der Waals surface area contributed by atoms with Crippen molar-refractivity contribution in [3.63, 3.8) is 0 Å². The highest BCUT2D eigenvalue weighted by Gasteiger charge is 2.19. The lowest BCUT2D eigenvalue weighted by molar-refractivity contribution is 0.103. The Morgan fingerprint density at radius 3 is 2.14 bits per heavy atom. The predicted octanol–water partition coefficient (Wildman–Crippen LogP) is 3.52. The summed E-state index contributed by atoms with van der Waals surface area (Å²) in [7, 11) is 2.77. The number of hydrogen-bond acceptors (Lipinski definition) is 3. The van der Waals surface area contributed by atoms with Gasteiger partial charge in [-0.3, -0.25) is 4.79 Å². The number of ether oxygens (including phenoxy) is 2. The Morgan fingerprint density at radius 2 is 1.57 bits per heavy atom. The molecule has 0 fully saturated rings. The minimum atomic E-state index is -0.723. The summed E-state index contributed by atoms with van der Waals surface area (Å²) in [5.41, 5.74) is 0.375. The maximum absolute atomic E-state index is 14.0. The van der Waals surface area contributed by atoms with Crippen molar-refractivity contribution in [2.24, 2.45) is 0 Å². The average Bonchev–Trinajstić information content (AvgIpc) is 2.49. The zero-order valence-corrected chi connectivity index (χ0v) is 11.9. The second kappa shape index (κ2) is 5.91. The molecule has 0 spiro atoms. The highest BCUT2D eigenvalue weighted by atomic mass is 19.1. The monoisotopic (exact) mass is 292 g/mol. The first-order chi connectivity index (χ1) is 9.97. The average molecular weight is 292 g/mol. The van der Waals surface area contributed by atoms with Crippen LogP contribution in [0, 0.1) is 18.6 Å². The molecule has 5 heteroatoms. The molecule has 0 saturated carbocycles. The summed E-state index contributed by atoms with van der Waals surface area (Å²) in [6.45, 7) is 1.54. The maximum atomic E-state index is 14.0. The van der Waals surface area contributed by atoms with Gasteiger partial charge in [0.15, 0.2) is 17.3 Å². The number of halogens is 2. The number of ketones is 1. The molecule has 0 heterocycles. The van der Waals surface area contributed by atoms with Crippen molar-refractivity contribution in [2.75, 3.05) is 14.2 Å². The van der Waals surface area contributed by atoms with Crippen molar-refractivity contribution in [2.45, 2.75) is 6.92 Å². The van der Waals surface area contributed by atoms with Crippen LogP contribution in [0.2, 0.25) is 0 Å². The van der Waals surface area contributed by atoms with E-state index in [2.05, 4.69) is 0 Å². The zero-order chi connectivity index (χ0) is 15.6. The van der Waals surface area contributed by atoms with Gasteiger partial charge in [0.05, 0.1) is 19.8 Å². The largest absolute Gasteiger partial charge is 0.493 e. The summed E-state index contributed by atoms with van der Waals surface area (Å²) in [5, 5.41) is 0. The summed E-state index contributed by atoms with van der Waals surface area (Å²) in [5.74, 6) is -1.24. The van der Waals surface area contributed by atoms with Gasteiger partial charge in [-0.25, -0.2) is 8.78 Å². The normalized spacial score (nSPS) is 10.3. The van der Waals surface area contributed by atoms with E-state index < -0.39 is 17.4 Å². The van der Waals surface area contributed by atoms with Crippen molar-refractivity contribution in [3.8, 4) is 11.5 Å². The fourth-order valence-electron chi connectivity index (χ4n) is 1.97. The van der Waals surface area contributed by atoms with Gasteiger partial charge in [-0.15, -0.1) is 0 Å². The molecule has 0 aromatic heterocycles. The van der Waals surface area contributed by atoms with Gasteiger partial charge in [0.2, 0.25) is 0 Å². The Labute approximate surface area is 121 Å². The van der Waals surface area contributed by atoms with Crippen LogP contribution < -0.4 is 9.47 Å². The molecule has 0 amide bonds. The number of aryl methyl sites for hydroxylation is 1. The molecule has 0 aliphatic heterocycles. The van der Waals surface area contributed by atoms with E-state index in [9.17, 15) is 13.6 Å². The van der Waals surface area contributed by atoms with Crippen molar-refractivity contribution in [3.05, 3.63) is 58.7 Å². The molecule has 110 valence electrons. The van der Waals surface area contributed by atoms with Crippen molar-refractivity contribution in [1.82, 2.24) is 0 Å². The molecule has 0 aliphatic carbocycles. The molecule has 0 unspecified atom stereocenters. The van der Waals surface area contributed by atoms with Crippen molar-refractivity contribution < 1.29 is 23.0 Å². The third-order valence-corrected chi connectivity index (χ3v) is 3.14. The summed E-state index contributed by atoms with van der Waals surface area (Å²) in [6, 6.07) is 6.24. The number of benzene rings is 2. The molecule has 3 nitrogen and oxygen atoms in total. The Hall–Kier alpha value is -2.43. The standard InChI is InChI=1S/C16H14F2O3/c1-9-6-10(4-5-12(9)17)16(19)11-7-14(20-2)15(21-3)8-13(11)18/h4-8H,1-3H3. The molecule has 0 radical (unpaired) electrons. The molecule has 21 heavy (non-hydrogen) atoms.